The minimum atomic E-state index is -0.710. The van der Waals surface area contributed by atoms with Gasteiger partial charge in [0.2, 0.25) is 0 Å². The van der Waals surface area contributed by atoms with Gasteiger partial charge in [-0.05, 0) is 26.0 Å². The third kappa shape index (κ3) is 2.53. The predicted octanol–water partition coefficient (Wildman–Crippen LogP) is 1.40. The Morgan fingerprint density at radius 3 is 2.88 bits per heavy atom. The molecule has 4 nitrogen and oxygen atoms in total. The van der Waals surface area contributed by atoms with Crippen molar-refractivity contribution in [2.75, 3.05) is 13.2 Å². The molecule has 1 heterocycles. The highest BCUT2D eigenvalue weighted by Crippen LogP contribution is 2.36. The first kappa shape index (κ1) is 12.2. The van der Waals surface area contributed by atoms with Crippen LogP contribution >= 0.6 is 0 Å². The Morgan fingerprint density at radius 2 is 2.24 bits per heavy atom. The van der Waals surface area contributed by atoms with E-state index in [1.165, 1.54) is 0 Å². The first-order valence-corrected chi connectivity index (χ1v) is 5.96. The quantitative estimate of drug-likeness (QED) is 0.830. The lowest BCUT2D eigenvalue weighted by Gasteiger charge is -2.18. The van der Waals surface area contributed by atoms with Crippen LogP contribution in [0, 0.1) is 0 Å². The predicted molar refractivity (Wildman–Crippen MR) is 65.4 cm³/mol. The van der Waals surface area contributed by atoms with Gasteiger partial charge in [0.15, 0.2) is 0 Å². The van der Waals surface area contributed by atoms with Crippen molar-refractivity contribution in [3.05, 3.63) is 23.3 Å². The minimum Gasteiger partial charge on any atom is -0.493 e. The number of aliphatic hydroxyl groups excluding tert-OH is 1. The summed E-state index contributed by atoms with van der Waals surface area (Å²) in [5, 5.41) is 9.89. The second-order valence-corrected chi connectivity index (χ2v) is 4.51. The Balaban J connectivity index is 2.39. The van der Waals surface area contributed by atoms with Crippen LogP contribution in [0.2, 0.25) is 0 Å². The van der Waals surface area contributed by atoms with E-state index in [-0.39, 0.29) is 12.6 Å². The van der Waals surface area contributed by atoms with Gasteiger partial charge in [0.1, 0.15) is 11.5 Å². The van der Waals surface area contributed by atoms with Crippen LogP contribution < -0.4 is 15.2 Å². The molecule has 4 heteroatoms. The van der Waals surface area contributed by atoms with E-state index in [0.29, 0.717) is 17.9 Å². The van der Waals surface area contributed by atoms with Gasteiger partial charge in [-0.1, -0.05) is 0 Å². The summed E-state index contributed by atoms with van der Waals surface area (Å²) in [5.41, 5.74) is 7.35. The van der Waals surface area contributed by atoms with E-state index in [9.17, 15) is 5.11 Å². The number of aliphatic hydroxyl groups is 1. The van der Waals surface area contributed by atoms with Crippen molar-refractivity contribution in [1.82, 2.24) is 0 Å². The zero-order valence-corrected chi connectivity index (χ0v) is 10.3. The second kappa shape index (κ2) is 4.94. The number of ether oxygens (including phenoxy) is 2. The van der Waals surface area contributed by atoms with E-state index < -0.39 is 6.10 Å². The van der Waals surface area contributed by atoms with Crippen molar-refractivity contribution in [3.8, 4) is 11.5 Å². The van der Waals surface area contributed by atoms with Gasteiger partial charge in [-0.3, -0.25) is 0 Å². The van der Waals surface area contributed by atoms with Gasteiger partial charge in [-0.2, -0.15) is 0 Å². The molecule has 0 fully saturated rings. The number of nitrogens with two attached hydrogens (primary N) is 1. The van der Waals surface area contributed by atoms with E-state index in [1.807, 2.05) is 26.0 Å². The molecule has 0 saturated carbocycles. The van der Waals surface area contributed by atoms with Crippen molar-refractivity contribution in [2.24, 2.45) is 5.73 Å². The van der Waals surface area contributed by atoms with E-state index in [2.05, 4.69) is 0 Å². The molecule has 0 saturated heterocycles. The second-order valence-electron chi connectivity index (χ2n) is 4.51. The van der Waals surface area contributed by atoms with E-state index >= 15 is 0 Å². The lowest BCUT2D eigenvalue weighted by molar-refractivity contribution is 0.172. The largest absolute Gasteiger partial charge is 0.493 e. The molecule has 0 radical (unpaired) electrons. The van der Waals surface area contributed by atoms with Crippen molar-refractivity contribution >= 4 is 0 Å². The molecule has 1 aromatic carbocycles. The van der Waals surface area contributed by atoms with Crippen LogP contribution in [-0.4, -0.2) is 24.4 Å². The maximum absolute atomic E-state index is 9.89. The fourth-order valence-corrected chi connectivity index (χ4v) is 1.96. The van der Waals surface area contributed by atoms with Crippen LogP contribution in [0.3, 0.4) is 0 Å². The van der Waals surface area contributed by atoms with Gasteiger partial charge in [0.25, 0.3) is 0 Å². The molecular formula is C13H19NO3. The Bertz CT molecular complexity index is 404. The summed E-state index contributed by atoms with van der Waals surface area (Å²) in [6.07, 6.45) is 0.250. The fraction of sp³-hybridized carbons (Fsp3) is 0.538. The molecule has 1 atom stereocenters. The van der Waals surface area contributed by atoms with Crippen molar-refractivity contribution in [3.63, 3.8) is 0 Å². The van der Waals surface area contributed by atoms with Crippen LogP contribution in [0.25, 0.3) is 0 Å². The maximum Gasteiger partial charge on any atom is 0.126 e. The molecule has 1 aromatic rings. The summed E-state index contributed by atoms with van der Waals surface area (Å²) in [6, 6.07) is 3.80. The van der Waals surface area contributed by atoms with Gasteiger partial charge in [-0.15, -0.1) is 0 Å². The van der Waals surface area contributed by atoms with Crippen molar-refractivity contribution in [1.29, 1.82) is 0 Å². The molecule has 0 aliphatic carbocycles. The Morgan fingerprint density at radius 1 is 1.47 bits per heavy atom. The Hall–Kier alpha value is -1.26. The summed E-state index contributed by atoms with van der Waals surface area (Å²) in [7, 11) is 0. The van der Waals surface area contributed by atoms with Crippen LogP contribution in [-0.2, 0) is 6.42 Å². The third-order valence-corrected chi connectivity index (χ3v) is 2.77. The zero-order chi connectivity index (χ0) is 12.4. The number of hydrogen-bond donors (Lipinski definition) is 2. The molecule has 0 aromatic heterocycles. The zero-order valence-electron chi connectivity index (χ0n) is 10.3. The molecule has 0 amide bonds. The smallest absolute Gasteiger partial charge is 0.126 e. The summed E-state index contributed by atoms with van der Waals surface area (Å²) in [6.45, 7) is 4.79. The highest BCUT2D eigenvalue weighted by molar-refractivity contribution is 5.49. The molecule has 3 N–H and O–H groups in total. The highest BCUT2D eigenvalue weighted by atomic mass is 16.5. The van der Waals surface area contributed by atoms with Gasteiger partial charge in [-0.25, -0.2) is 0 Å². The highest BCUT2D eigenvalue weighted by Gasteiger charge is 2.20. The van der Waals surface area contributed by atoms with Crippen molar-refractivity contribution in [2.45, 2.75) is 32.5 Å². The summed E-state index contributed by atoms with van der Waals surface area (Å²) in [5.74, 6) is 1.55. The first-order chi connectivity index (χ1) is 8.11. The van der Waals surface area contributed by atoms with Gasteiger partial charge >= 0.3 is 0 Å². The molecule has 2 rings (SSSR count). The fourth-order valence-electron chi connectivity index (χ4n) is 1.96. The molecule has 0 spiro atoms. The average molecular weight is 237 g/mol. The molecular weight excluding hydrogens is 218 g/mol. The van der Waals surface area contributed by atoms with Gasteiger partial charge in [0.05, 0.1) is 18.8 Å². The maximum atomic E-state index is 9.89. The number of fused-ring (bicyclic) bond motifs is 1. The number of benzene rings is 1. The third-order valence-electron chi connectivity index (χ3n) is 2.77. The molecule has 1 unspecified atom stereocenters. The van der Waals surface area contributed by atoms with Crippen LogP contribution in [0.4, 0.5) is 0 Å². The van der Waals surface area contributed by atoms with E-state index in [4.69, 9.17) is 15.2 Å². The van der Waals surface area contributed by atoms with Crippen LogP contribution in [0.15, 0.2) is 12.1 Å². The van der Waals surface area contributed by atoms with E-state index in [0.717, 1.165) is 17.7 Å². The Labute approximate surface area is 101 Å². The molecule has 17 heavy (non-hydrogen) atoms. The molecule has 0 bridgehead atoms. The lowest BCUT2D eigenvalue weighted by Crippen LogP contribution is -2.15. The number of hydrogen-bond acceptors (Lipinski definition) is 4. The first-order valence-electron chi connectivity index (χ1n) is 5.96. The van der Waals surface area contributed by atoms with Gasteiger partial charge in [0, 0.05) is 24.1 Å². The monoisotopic (exact) mass is 237 g/mol. The standard InChI is InChI=1S/C13H19NO3/c1-8(2)17-13-5-9-3-4-16-12(9)6-10(13)11(15)7-14/h5-6,8,11,15H,3-4,7,14H2,1-2H3. The normalized spacial score (nSPS) is 15.6. The summed E-state index contributed by atoms with van der Waals surface area (Å²) in [4.78, 5) is 0. The summed E-state index contributed by atoms with van der Waals surface area (Å²) < 4.78 is 11.2. The number of rotatable bonds is 4. The molecule has 1 aliphatic heterocycles. The average Bonchev–Trinajstić information content (AvgIpc) is 2.73. The topological polar surface area (TPSA) is 64.7 Å². The van der Waals surface area contributed by atoms with Gasteiger partial charge < -0.3 is 20.3 Å². The Kier molecular flexibility index (Phi) is 3.54. The van der Waals surface area contributed by atoms with Crippen LogP contribution in [0.5, 0.6) is 11.5 Å². The summed E-state index contributed by atoms with van der Waals surface area (Å²) >= 11 is 0. The molecule has 1 aliphatic rings. The van der Waals surface area contributed by atoms with E-state index in [1.54, 1.807) is 0 Å². The lowest BCUT2D eigenvalue weighted by atomic mass is 10.0. The minimum absolute atomic E-state index is 0.0686. The SMILES string of the molecule is CC(C)Oc1cc2c(cc1C(O)CN)OCC2. The molecule has 94 valence electrons. The van der Waals surface area contributed by atoms with Crippen LogP contribution in [0.1, 0.15) is 31.1 Å². The van der Waals surface area contributed by atoms with Crippen molar-refractivity contribution < 1.29 is 14.6 Å².